The molecular weight excluding hydrogens is 405 g/mol. The van der Waals surface area contributed by atoms with Gasteiger partial charge in [0.2, 0.25) is 0 Å². The summed E-state index contributed by atoms with van der Waals surface area (Å²) in [5, 5.41) is 9.80. The minimum Gasteiger partial charge on any atom is -0.363 e. The summed E-state index contributed by atoms with van der Waals surface area (Å²) >= 11 is 0. The van der Waals surface area contributed by atoms with E-state index >= 15 is 0 Å². The Labute approximate surface area is 178 Å². The molecule has 0 saturated heterocycles. The Morgan fingerprint density at radius 3 is 2.45 bits per heavy atom. The van der Waals surface area contributed by atoms with E-state index in [1.54, 1.807) is 24.3 Å². The Balaban J connectivity index is 1.49. The summed E-state index contributed by atoms with van der Waals surface area (Å²) < 4.78 is 42.1. The molecule has 1 aromatic heterocycles. The van der Waals surface area contributed by atoms with E-state index in [2.05, 4.69) is 15.7 Å². The molecule has 1 aliphatic heterocycles. The zero-order chi connectivity index (χ0) is 21.8. The Morgan fingerprint density at radius 1 is 1.10 bits per heavy atom. The van der Waals surface area contributed by atoms with Gasteiger partial charge in [0, 0.05) is 13.0 Å². The number of amides is 1. The third kappa shape index (κ3) is 4.73. The number of hydrogen-bond acceptors (Lipinski definition) is 3. The second kappa shape index (κ2) is 8.83. The Hall–Kier alpha value is -3.29. The van der Waals surface area contributed by atoms with Crippen LogP contribution in [-0.2, 0) is 6.42 Å². The number of halogens is 3. The lowest BCUT2D eigenvalue weighted by Crippen LogP contribution is -2.36. The molecule has 0 fully saturated rings. The van der Waals surface area contributed by atoms with E-state index in [9.17, 15) is 18.0 Å². The molecule has 0 aliphatic carbocycles. The summed E-state index contributed by atoms with van der Waals surface area (Å²) in [5.41, 5.74) is 2.02. The first kappa shape index (κ1) is 21.0. The average molecular weight is 428 g/mol. The lowest BCUT2D eigenvalue weighted by Gasteiger charge is -2.34. The fourth-order valence-electron chi connectivity index (χ4n) is 3.87. The fourth-order valence-corrected chi connectivity index (χ4v) is 3.87. The van der Waals surface area contributed by atoms with Crippen molar-refractivity contribution in [2.24, 2.45) is 0 Å². The topological polar surface area (TPSA) is 59.0 Å². The average Bonchev–Trinajstić information content (AvgIpc) is 3.20. The largest absolute Gasteiger partial charge is 0.410 e. The lowest BCUT2D eigenvalue weighted by atomic mass is 9.96. The zero-order valence-electron chi connectivity index (χ0n) is 16.8. The van der Waals surface area contributed by atoms with Crippen molar-refractivity contribution < 1.29 is 18.0 Å². The standard InChI is InChI=1S/C23H23F3N4O/c24-23(25,26)20-14-19(17-11-5-2-6-12-17)29-21-18(15-28-30(20)21)22(31)27-13-7-10-16-8-3-1-4-9-16/h1-6,8-9,11-12,15,19-20,29H,7,10,13-14H2,(H,27,31). The Morgan fingerprint density at radius 2 is 1.77 bits per heavy atom. The van der Waals surface area contributed by atoms with Crippen molar-refractivity contribution >= 4 is 11.7 Å². The minimum absolute atomic E-state index is 0.1000. The predicted molar refractivity (Wildman–Crippen MR) is 112 cm³/mol. The highest BCUT2D eigenvalue weighted by molar-refractivity contribution is 5.98. The van der Waals surface area contributed by atoms with Crippen molar-refractivity contribution in [1.82, 2.24) is 15.1 Å². The third-order valence-corrected chi connectivity index (χ3v) is 5.46. The highest BCUT2D eigenvalue weighted by Gasteiger charge is 2.47. The Kier molecular flexibility index (Phi) is 5.97. The highest BCUT2D eigenvalue weighted by atomic mass is 19.4. The van der Waals surface area contributed by atoms with Gasteiger partial charge in [-0.25, -0.2) is 4.68 Å². The van der Waals surface area contributed by atoms with Crippen LogP contribution in [0.1, 0.15) is 46.4 Å². The number of carbonyl (C=O) groups is 1. The van der Waals surface area contributed by atoms with E-state index in [0.717, 1.165) is 23.1 Å². The predicted octanol–water partition coefficient (Wildman–Crippen LogP) is 4.91. The van der Waals surface area contributed by atoms with E-state index in [-0.39, 0.29) is 17.8 Å². The molecule has 162 valence electrons. The molecule has 2 aromatic carbocycles. The van der Waals surface area contributed by atoms with Crippen LogP contribution in [0.5, 0.6) is 0 Å². The van der Waals surface area contributed by atoms with Crippen LogP contribution in [0.4, 0.5) is 19.0 Å². The second-order valence-electron chi connectivity index (χ2n) is 7.60. The van der Waals surface area contributed by atoms with Crippen molar-refractivity contribution in [3.8, 4) is 0 Å². The van der Waals surface area contributed by atoms with Gasteiger partial charge in [0.25, 0.3) is 5.91 Å². The van der Waals surface area contributed by atoms with Crippen LogP contribution in [0.25, 0.3) is 0 Å². The molecule has 5 nitrogen and oxygen atoms in total. The zero-order valence-corrected chi connectivity index (χ0v) is 16.8. The smallest absolute Gasteiger partial charge is 0.363 e. The summed E-state index contributed by atoms with van der Waals surface area (Å²) in [5.74, 6) is -0.334. The van der Waals surface area contributed by atoms with E-state index in [1.807, 2.05) is 36.4 Å². The number of fused-ring (bicyclic) bond motifs is 1. The molecule has 2 unspecified atom stereocenters. The van der Waals surface area contributed by atoms with Gasteiger partial charge in [-0.2, -0.15) is 18.3 Å². The lowest BCUT2D eigenvalue weighted by molar-refractivity contribution is -0.173. The first-order chi connectivity index (χ1) is 14.9. The third-order valence-electron chi connectivity index (χ3n) is 5.46. The maximum Gasteiger partial charge on any atom is 0.410 e. The van der Waals surface area contributed by atoms with E-state index in [0.29, 0.717) is 6.54 Å². The molecule has 2 N–H and O–H groups in total. The molecule has 0 radical (unpaired) electrons. The number of benzene rings is 2. The van der Waals surface area contributed by atoms with Crippen molar-refractivity contribution in [2.75, 3.05) is 11.9 Å². The maximum atomic E-state index is 13.7. The number of aromatic nitrogens is 2. The van der Waals surface area contributed by atoms with Crippen LogP contribution in [0, 0.1) is 0 Å². The van der Waals surface area contributed by atoms with Gasteiger partial charge in [-0.3, -0.25) is 4.79 Å². The van der Waals surface area contributed by atoms with Crippen molar-refractivity contribution in [2.45, 2.75) is 37.5 Å². The summed E-state index contributed by atoms with van der Waals surface area (Å²) in [7, 11) is 0. The van der Waals surface area contributed by atoms with Gasteiger partial charge in [-0.15, -0.1) is 0 Å². The monoisotopic (exact) mass is 428 g/mol. The van der Waals surface area contributed by atoms with E-state index in [4.69, 9.17) is 0 Å². The van der Waals surface area contributed by atoms with Crippen LogP contribution in [-0.4, -0.2) is 28.4 Å². The van der Waals surface area contributed by atoms with Crippen LogP contribution < -0.4 is 10.6 Å². The van der Waals surface area contributed by atoms with Gasteiger partial charge >= 0.3 is 6.18 Å². The first-order valence-corrected chi connectivity index (χ1v) is 10.2. The van der Waals surface area contributed by atoms with E-state index < -0.39 is 24.2 Å². The van der Waals surface area contributed by atoms with Crippen LogP contribution >= 0.6 is 0 Å². The maximum absolute atomic E-state index is 13.7. The number of rotatable bonds is 6. The number of hydrogen-bond donors (Lipinski definition) is 2. The summed E-state index contributed by atoms with van der Waals surface area (Å²) in [4.78, 5) is 12.7. The molecule has 1 aliphatic rings. The number of carbonyl (C=O) groups excluding carboxylic acids is 1. The number of aryl methyl sites for hydroxylation is 1. The van der Waals surface area contributed by atoms with Crippen molar-refractivity contribution in [1.29, 1.82) is 0 Å². The van der Waals surface area contributed by atoms with Crippen molar-refractivity contribution in [3.63, 3.8) is 0 Å². The molecule has 2 heterocycles. The molecule has 4 rings (SSSR count). The van der Waals surface area contributed by atoms with Gasteiger partial charge in [-0.05, 0) is 24.0 Å². The molecule has 31 heavy (non-hydrogen) atoms. The molecule has 0 spiro atoms. The second-order valence-corrected chi connectivity index (χ2v) is 7.60. The van der Waals surface area contributed by atoms with E-state index in [1.165, 1.54) is 11.8 Å². The quantitative estimate of drug-likeness (QED) is 0.549. The van der Waals surface area contributed by atoms with Crippen molar-refractivity contribution in [3.05, 3.63) is 83.6 Å². The van der Waals surface area contributed by atoms with Crippen LogP contribution in [0.15, 0.2) is 66.9 Å². The fraction of sp³-hybridized carbons (Fsp3) is 0.304. The van der Waals surface area contributed by atoms with Gasteiger partial charge < -0.3 is 10.6 Å². The number of nitrogens with zero attached hydrogens (tertiary/aromatic N) is 2. The summed E-state index contributed by atoms with van der Waals surface area (Å²) in [6, 6.07) is 16.5. The number of anilines is 1. The summed E-state index contributed by atoms with van der Waals surface area (Å²) in [6.45, 7) is 0.420. The molecule has 0 bridgehead atoms. The number of nitrogens with one attached hydrogen (secondary N) is 2. The Bertz CT molecular complexity index is 1020. The molecular formula is C23H23F3N4O. The highest BCUT2D eigenvalue weighted by Crippen LogP contribution is 2.44. The number of alkyl halides is 3. The van der Waals surface area contributed by atoms with Gasteiger partial charge in [0.05, 0.1) is 12.2 Å². The van der Waals surface area contributed by atoms with Crippen LogP contribution in [0.3, 0.4) is 0 Å². The molecule has 8 heteroatoms. The van der Waals surface area contributed by atoms with Crippen LogP contribution in [0.2, 0.25) is 0 Å². The van der Waals surface area contributed by atoms with Gasteiger partial charge in [0.1, 0.15) is 11.4 Å². The van der Waals surface area contributed by atoms with Gasteiger partial charge in [-0.1, -0.05) is 60.7 Å². The first-order valence-electron chi connectivity index (χ1n) is 10.2. The SMILES string of the molecule is O=C(NCCCc1ccccc1)c1cnn2c1NC(c1ccccc1)CC2C(F)(F)F. The normalized spacial score (nSPS) is 18.2. The van der Waals surface area contributed by atoms with Gasteiger partial charge in [0.15, 0.2) is 6.04 Å². The molecule has 3 aromatic rings. The molecule has 0 saturated carbocycles. The molecule has 1 amide bonds. The summed E-state index contributed by atoms with van der Waals surface area (Å²) in [6.07, 6.45) is -1.93. The molecule has 2 atom stereocenters. The minimum atomic E-state index is -4.47.